The van der Waals surface area contributed by atoms with E-state index in [9.17, 15) is 9.18 Å². The fourth-order valence-electron chi connectivity index (χ4n) is 1.08. The van der Waals surface area contributed by atoms with Gasteiger partial charge in [0.1, 0.15) is 6.54 Å². The molecule has 5 nitrogen and oxygen atoms in total. The summed E-state index contributed by atoms with van der Waals surface area (Å²) < 4.78 is 12.6. The van der Waals surface area contributed by atoms with Crippen LogP contribution in [0.5, 0.6) is 0 Å². The Morgan fingerprint density at radius 3 is 2.47 bits per heavy atom. The van der Waals surface area contributed by atoms with E-state index in [2.05, 4.69) is 9.97 Å². The van der Waals surface area contributed by atoms with Crippen LogP contribution in [0.3, 0.4) is 0 Å². The third kappa shape index (κ3) is 3.16. The van der Waals surface area contributed by atoms with Gasteiger partial charge in [-0.05, 0) is 13.8 Å². The summed E-state index contributed by atoms with van der Waals surface area (Å²) in [6.45, 7) is 3.43. The molecule has 0 aromatic carbocycles. The molecule has 0 aliphatic heterocycles. The molecule has 0 radical (unpaired) electrons. The molecule has 6 heteroatoms. The molecule has 0 spiro atoms. The quantitative estimate of drug-likeness (QED) is 0.805. The fourth-order valence-corrected chi connectivity index (χ4v) is 1.08. The average Bonchev–Trinajstić information content (AvgIpc) is 2.15. The molecule has 0 unspecified atom stereocenters. The summed E-state index contributed by atoms with van der Waals surface area (Å²) in [6, 6.07) is -0.0634. The standard InChI is InChI=1S/C9H12FN3O2/c1-6(2)13(5-8(14)15)9-11-3-7(10)4-12-9/h3-4,6H,5H2,1-2H3,(H,14,15). The molecule has 0 atom stereocenters. The van der Waals surface area contributed by atoms with Gasteiger partial charge in [-0.2, -0.15) is 0 Å². The number of aliphatic carboxylic acids is 1. The lowest BCUT2D eigenvalue weighted by Crippen LogP contribution is -2.36. The number of halogens is 1. The van der Waals surface area contributed by atoms with Crippen LogP contribution in [0.1, 0.15) is 13.8 Å². The van der Waals surface area contributed by atoms with Crippen LogP contribution in [-0.4, -0.2) is 33.6 Å². The van der Waals surface area contributed by atoms with Crippen LogP contribution >= 0.6 is 0 Å². The molecule has 0 aliphatic carbocycles. The summed E-state index contributed by atoms with van der Waals surface area (Å²) in [5.74, 6) is -1.30. The van der Waals surface area contributed by atoms with Crippen molar-refractivity contribution in [2.75, 3.05) is 11.4 Å². The van der Waals surface area contributed by atoms with E-state index < -0.39 is 11.8 Å². The molecule has 1 rings (SSSR count). The molecule has 0 saturated heterocycles. The highest BCUT2D eigenvalue weighted by Crippen LogP contribution is 2.09. The highest BCUT2D eigenvalue weighted by molar-refractivity contribution is 5.72. The average molecular weight is 213 g/mol. The first-order valence-corrected chi connectivity index (χ1v) is 4.46. The molecule has 0 aliphatic rings. The maximum atomic E-state index is 12.6. The molecular weight excluding hydrogens is 201 g/mol. The van der Waals surface area contributed by atoms with E-state index in [4.69, 9.17) is 5.11 Å². The Balaban J connectivity index is 2.88. The molecule has 82 valence electrons. The summed E-state index contributed by atoms with van der Waals surface area (Å²) in [6.07, 6.45) is 2.03. The van der Waals surface area contributed by atoms with Gasteiger partial charge in [0.05, 0.1) is 12.4 Å². The van der Waals surface area contributed by atoms with Gasteiger partial charge in [-0.3, -0.25) is 4.79 Å². The number of carbonyl (C=O) groups is 1. The number of hydrogen-bond donors (Lipinski definition) is 1. The van der Waals surface area contributed by atoms with Gasteiger partial charge in [0, 0.05) is 6.04 Å². The van der Waals surface area contributed by atoms with Crippen molar-refractivity contribution < 1.29 is 14.3 Å². The summed E-state index contributed by atoms with van der Waals surface area (Å²) in [5, 5.41) is 8.68. The minimum atomic E-state index is -0.975. The first-order chi connectivity index (χ1) is 7.00. The highest BCUT2D eigenvalue weighted by atomic mass is 19.1. The van der Waals surface area contributed by atoms with E-state index >= 15 is 0 Å². The maximum Gasteiger partial charge on any atom is 0.323 e. The summed E-state index contributed by atoms with van der Waals surface area (Å²) in [5.41, 5.74) is 0. The van der Waals surface area contributed by atoms with Gasteiger partial charge in [0.25, 0.3) is 0 Å². The van der Waals surface area contributed by atoms with Gasteiger partial charge in [-0.1, -0.05) is 0 Å². The Kier molecular flexibility index (Phi) is 3.54. The monoisotopic (exact) mass is 213 g/mol. The van der Waals surface area contributed by atoms with Gasteiger partial charge in [0.2, 0.25) is 5.95 Å². The zero-order chi connectivity index (χ0) is 11.4. The zero-order valence-electron chi connectivity index (χ0n) is 8.51. The second-order valence-corrected chi connectivity index (χ2v) is 3.32. The second-order valence-electron chi connectivity index (χ2n) is 3.32. The highest BCUT2D eigenvalue weighted by Gasteiger charge is 2.16. The Morgan fingerprint density at radius 1 is 1.53 bits per heavy atom. The van der Waals surface area contributed by atoms with Gasteiger partial charge >= 0.3 is 5.97 Å². The van der Waals surface area contributed by atoms with E-state index in [1.165, 1.54) is 4.90 Å². The minimum absolute atomic E-state index is 0.0634. The van der Waals surface area contributed by atoms with Crippen LogP contribution < -0.4 is 4.90 Å². The van der Waals surface area contributed by atoms with Gasteiger partial charge < -0.3 is 10.0 Å². The number of rotatable bonds is 4. The molecule has 1 aromatic heterocycles. The molecule has 0 fully saturated rings. The van der Waals surface area contributed by atoms with Crippen LogP contribution in [0.15, 0.2) is 12.4 Å². The Morgan fingerprint density at radius 2 is 2.07 bits per heavy atom. The third-order valence-corrected chi connectivity index (χ3v) is 1.79. The van der Waals surface area contributed by atoms with E-state index in [-0.39, 0.29) is 18.5 Å². The number of nitrogens with zero attached hydrogens (tertiary/aromatic N) is 3. The number of carboxylic acids is 1. The van der Waals surface area contributed by atoms with E-state index in [0.717, 1.165) is 12.4 Å². The van der Waals surface area contributed by atoms with Crippen molar-refractivity contribution in [1.29, 1.82) is 0 Å². The fraction of sp³-hybridized carbons (Fsp3) is 0.444. The first kappa shape index (κ1) is 11.4. The summed E-state index contributed by atoms with van der Waals surface area (Å²) in [4.78, 5) is 19.5. The van der Waals surface area contributed by atoms with Crippen molar-refractivity contribution >= 4 is 11.9 Å². The smallest absolute Gasteiger partial charge is 0.323 e. The van der Waals surface area contributed by atoms with Crippen molar-refractivity contribution in [2.45, 2.75) is 19.9 Å². The zero-order valence-corrected chi connectivity index (χ0v) is 8.51. The Hall–Kier alpha value is -1.72. The molecular formula is C9H12FN3O2. The lowest BCUT2D eigenvalue weighted by molar-refractivity contribution is -0.135. The molecule has 1 heterocycles. The van der Waals surface area contributed by atoms with Crippen LogP contribution in [0.2, 0.25) is 0 Å². The molecule has 1 N–H and O–H groups in total. The van der Waals surface area contributed by atoms with Gasteiger partial charge in [-0.25, -0.2) is 14.4 Å². The first-order valence-electron chi connectivity index (χ1n) is 4.46. The minimum Gasteiger partial charge on any atom is -0.480 e. The van der Waals surface area contributed by atoms with Crippen molar-refractivity contribution in [1.82, 2.24) is 9.97 Å². The second kappa shape index (κ2) is 4.68. The number of anilines is 1. The topological polar surface area (TPSA) is 66.3 Å². The van der Waals surface area contributed by atoms with E-state index in [0.29, 0.717) is 0 Å². The molecule has 0 saturated carbocycles. The molecule has 0 bridgehead atoms. The Bertz CT molecular complexity index is 340. The van der Waals surface area contributed by atoms with Gasteiger partial charge in [0.15, 0.2) is 5.82 Å². The maximum absolute atomic E-state index is 12.6. The molecule has 15 heavy (non-hydrogen) atoms. The van der Waals surface area contributed by atoms with Crippen molar-refractivity contribution in [2.24, 2.45) is 0 Å². The van der Waals surface area contributed by atoms with E-state index in [1.807, 2.05) is 13.8 Å². The van der Waals surface area contributed by atoms with Crippen molar-refractivity contribution in [3.05, 3.63) is 18.2 Å². The Labute approximate surface area is 86.6 Å². The van der Waals surface area contributed by atoms with Crippen molar-refractivity contribution in [3.63, 3.8) is 0 Å². The van der Waals surface area contributed by atoms with Crippen LogP contribution in [0, 0.1) is 5.82 Å². The van der Waals surface area contributed by atoms with Crippen LogP contribution in [-0.2, 0) is 4.79 Å². The molecule has 1 aromatic rings. The normalized spacial score (nSPS) is 10.4. The SMILES string of the molecule is CC(C)N(CC(=O)O)c1ncc(F)cn1. The summed E-state index contributed by atoms with van der Waals surface area (Å²) in [7, 11) is 0. The predicted molar refractivity (Wildman–Crippen MR) is 52.1 cm³/mol. The predicted octanol–water partition coefficient (Wildman–Crippen LogP) is 0.915. The number of aromatic nitrogens is 2. The van der Waals surface area contributed by atoms with Crippen molar-refractivity contribution in [3.8, 4) is 0 Å². The third-order valence-electron chi connectivity index (χ3n) is 1.79. The van der Waals surface area contributed by atoms with E-state index in [1.54, 1.807) is 0 Å². The summed E-state index contributed by atoms with van der Waals surface area (Å²) >= 11 is 0. The number of hydrogen-bond acceptors (Lipinski definition) is 4. The van der Waals surface area contributed by atoms with Crippen LogP contribution in [0.4, 0.5) is 10.3 Å². The lowest BCUT2D eigenvalue weighted by Gasteiger charge is -2.24. The molecule has 0 amide bonds. The number of carboxylic acid groups (broad SMARTS) is 1. The van der Waals surface area contributed by atoms with Crippen LogP contribution in [0.25, 0.3) is 0 Å². The largest absolute Gasteiger partial charge is 0.480 e. The van der Waals surface area contributed by atoms with Gasteiger partial charge in [-0.15, -0.1) is 0 Å². The lowest BCUT2D eigenvalue weighted by atomic mass is 10.3.